The van der Waals surface area contributed by atoms with Gasteiger partial charge in [0, 0.05) is 6.61 Å². The van der Waals surface area contributed by atoms with Gasteiger partial charge in [-0.25, -0.2) is 9.18 Å². The van der Waals surface area contributed by atoms with Crippen LogP contribution in [0, 0.1) is 11.7 Å². The molecule has 2 N–H and O–H groups in total. The van der Waals surface area contributed by atoms with Crippen LogP contribution in [-0.2, 0) is 14.3 Å². The maximum Gasteiger partial charge on any atom is 0.346 e. The number of aliphatic carboxylic acids is 1. The van der Waals surface area contributed by atoms with Gasteiger partial charge in [0.2, 0.25) is 12.0 Å². The van der Waals surface area contributed by atoms with Crippen LogP contribution in [0.25, 0.3) is 0 Å². The van der Waals surface area contributed by atoms with E-state index in [1.165, 1.54) is 24.3 Å². The number of ether oxygens (including phenoxy) is 2. The van der Waals surface area contributed by atoms with Crippen LogP contribution >= 0.6 is 0 Å². The molecular weight excluding hydrogens is 365 g/mol. The second-order valence-electron chi connectivity index (χ2n) is 6.59. The molecule has 28 heavy (non-hydrogen) atoms. The van der Waals surface area contributed by atoms with E-state index in [1.807, 2.05) is 30.3 Å². The molecule has 7 heteroatoms. The van der Waals surface area contributed by atoms with Crippen LogP contribution in [0.1, 0.15) is 24.5 Å². The van der Waals surface area contributed by atoms with Crippen LogP contribution in [0.15, 0.2) is 54.6 Å². The SMILES string of the molecule is O=C(O)C(CNC(=O)C1CCCOC1c1ccccc1)Oc1ccc(F)cc1. The van der Waals surface area contributed by atoms with Crippen LogP contribution in [0.4, 0.5) is 4.39 Å². The summed E-state index contributed by atoms with van der Waals surface area (Å²) in [6.45, 7) is 0.373. The number of carboxylic acid groups (broad SMARTS) is 1. The van der Waals surface area contributed by atoms with Gasteiger partial charge in [0.1, 0.15) is 11.6 Å². The number of carbonyl (C=O) groups excluding carboxylic acids is 1. The fraction of sp³-hybridized carbons (Fsp3) is 0.333. The van der Waals surface area contributed by atoms with E-state index >= 15 is 0 Å². The average molecular weight is 387 g/mol. The van der Waals surface area contributed by atoms with Gasteiger partial charge in [-0.2, -0.15) is 0 Å². The number of carbonyl (C=O) groups is 2. The van der Waals surface area contributed by atoms with Crippen molar-refractivity contribution in [3.63, 3.8) is 0 Å². The minimum Gasteiger partial charge on any atom is -0.478 e. The van der Waals surface area contributed by atoms with Gasteiger partial charge in [-0.05, 0) is 42.7 Å². The van der Waals surface area contributed by atoms with Gasteiger partial charge in [0.05, 0.1) is 18.6 Å². The number of carboxylic acids is 1. The molecule has 2 aromatic rings. The number of benzene rings is 2. The number of halogens is 1. The first-order valence-corrected chi connectivity index (χ1v) is 9.14. The summed E-state index contributed by atoms with van der Waals surface area (Å²) in [6, 6.07) is 14.5. The molecule has 0 aromatic heterocycles. The largest absolute Gasteiger partial charge is 0.478 e. The number of rotatable bonds is 7. The number of hydrogen-bond acceptors (Lipinski definition) is 4. The van der Waals surface area contributed by atoms with E-state index in [4.69, 9.17) is 9.47 Å². The molecule has 0 saturated carbocycles. The lowest BCUT2D eigenvalue weighted by Gasteiger charge is -2.31. The molecule has 3 rings (SSSR count). The van der Waals surface area contributed by atoms with Crippen molar-refractivity contribution < 1.29 is 28.6 Å². The number of amides is 1. The highest BCUT2D eigenvalue weighted by molar-refractivity contribution is 5.81. The zero-order valence-electron chi connectivity index (χ0n) is 15.2. The molecule has 1 saturated heterocycles. The summed E-state index contributed by atoms with van der Waals surface area (Å²) in [7, 11) is 0. The number of hydrogen-bond donors (Lipinski definition) is 2. The first-order valence-electron chi connectivity index (χ1n) is 9.14. The Hall–Kier alpha value is -2.93. The first kappa shape index (κ1) is 19.8. The smallest absolute Gasteiger partial charge is 0.346 e. The summed E-state index contributed by atoms with van der Waals surface area (Å²) in [5.74, 6) is -2.13. The molecule has 1 aliphatic rings. The van der Waals surface area contributed by atoms with Gasteiger partial charge < -0.3 is 19.9 Å². The molecule has 0 spiro atoms. The molecule has 0 bridgehead atoms. The fourth-order valence-corrected chi connectivity index (χ4v) is 3.20. The van der Waals surface area contributed by atoms with Crippen LogP contribution in [-0.4, -0.2) is 36.2 Å². The Morgan fingerprint density at radius 2 is 1.89 bits per heavy atom. The highest BCUT2D eigenvalue weighted by atomic mass is 19.1. The lowest BCUT2D eigenvalue weighted by Crippen LogP contribution is -2.44. The molecule has 1 aliphatic heterocycles. The van der Waals surface area contributed by atoms with Crippen molar-refractivity contribution in [2.45, 2.75) is 25.0 Å². The molecule has 1 amide bonds. The van der Waals surface area contributed by atoms with Gasteiger partial charge in [-0.3, -0.25) is 4.79 Å². The molecular formula is C21H22FNO5. The predicted octanol–water partition coefficient (Wildman–Crippen LogP) is 2.94. The van der Waals surface area contributed by atoms with Crippen molar-refractivity contribution in [1.29, 1.82) is 0 Å². The highest BCUT2D eigenvalue weighted by Gasteiger charge is 2.33. The van der Waals surface area contributed by atoms with Crippen molar-refractivity contribution in [1.82, 2.24) is 5.32 Å². The van der Waals surface area contributed by atoms with E-state index in [0.29, 0.717) is 13.0 Å². The van der Waals surface area contributed by atoms with Crippen LogP contribution in [0.3, 0.4) is 0 Å². The molecule has 6 nitrogen and oxygen atoms in total. The highest BCUT2D eigenvalue weighted by Crippen LogP contribution is 2.33. The Kier molecular flexibility index (Phi) is 6.60. The normalized spacial score (nSPS) is 20.2. The monoisotopic (exact) mass is 387 g/mol. The van der Waals surface area contributed by atoms with E-state index in [-0.39, 0.29) is 24.3 Å². The molecule has 2 aromatic carbocycles. The third-order valence-electron chi connectivity index (χ3n) is 4.62. The summed E-state index contributed by atoms with van der Waals surface area (Å²) in [5.41, 5.74) is 0.916. The third kappa shape index (κ3) is 5.07. The Morgan fingerprint density at radius 3 is 2.57 bits per heavy atom. The van der Waals surface area contributed by atoms with Crippen molar-refractivity contribution in [3.8, 4) is 5.75 Å². The lowest BCUT2D eigenvalue weighted by molar-refractivity contribution is -0.145. The van der Waals surface area contributed by atoms with Gasteiger partial charge in [-0.1, -0.05) is 30.3 Å². The standard InChI is InChI=1S/C21H22FNO5/c22-15-8-10-16(11-9-15)28-18(21(25)26)13-23-20(24)17-7-4-12-27-19(17)14-5-2-1-3-6-14/h1-3,5-6,8-11,17-19H,4,7,12-13H2,(H,23,24)(H,25,26). The fourth-order valence-electron chi connectivity index (χ4n) is 3.20. The van der Waals surface area contributed by atoms with E-state index in [2.05, 4.69) is 5.32 Å². The summed E-state index contributed by atoms with van der Waals surface area (Å²) in [5, 5.41) is 12.0. The Balaban J connectivity index is 1.63. The number of nitrogens with one attached hydrogen (secondary N) is 1. The van der Waals surface area contributed by atoms with Crippen LogP contribution in [0.5, 0.6) is 5.75 Å². The molecule has 0 radical (unpaired) electrons. The second kappa shape index (κ2) is 9.32. The van der Waals surface area contributed by atoms with Crippen LogP contribution < -0.4 is 10.1 Å². The van der Waals surface area contributed by atoms with Crippen LogP contribution in [0.2, 0.25) is 0 Å². The van der Waals surface area contributed by atoms with E-state index < -0.39 is 23.8 Å². The Morgan fingerprint density at radius 1 is 1.18 bits per heavy atom. The van der Waals surface area contributed by atoms with E-state index in [0.717, 1.165) is 12.0 Å². The minimum absolute atomic E-state index is 0.205. The van der Waals surface area contributed by atoms with Crippen molar-refractivity contribution in [2.24, 2.45) is 5.92 Å². The zero-order chi connectivity index (χ0) is 19.9. The van der Waals surface area contributed by atoms with Gasteiger partial charge >= 0.3 is 5.97 Å². The second-order valence-corrected chi connectivity index (χ2v) is 6.59. The Bertz CT molecular complexity index is 796. The lowest BCUT2D eigenvalue weighted by atomic mass is 9.88. The predicted molar refractivity (Wildman–Crippen MR) is 99.3 cm³/mol. The topological polar surface area (TPSA) is 84.9 Å². The summed E-state index contributed by atoms with van der Waals surface area (Å²) in [6.07, 6.45) is -0.233. The summed E-state index contributed by atoms with van der Waals surface area (Å²) >= 11 is 0. The zero-order valence-corrected chi connectivity index (χ0v) is 15.2. The van der Waals surface area contributed by atoms with Crippen molar-refractivity contribution in [2.75, 3.05) is 13.2 Å². The van der Waals surface area contributed by atoms with Crippen molar-refractivity contribution >= 4 is 11.9 Å². The third-order valence-corrected chi connectivity index (χ3v) is 4.62. The van der Waals surface area contributed by atoms with Gasteiger partial charge in [0.25, 0.3) is 0 Å². The maximum absolute atomic E-state index is 13.0. The molecule has 1 heterocycles. The summed E-state index contributed by atoms with van der Waals surface area (Å²) < 4.78 is 24.2. The molecule has 3 atom stereocenters. The average Bonchev–Trinajstić information content (AvgIpc) is 2.72. The van der Waals surface area contributed by atoms with E-state index in [9.17, 15) is 19.1 Å². The van der Waals surface area contributed by atoms with Gasteiger partial charge in [0.15, 0.2) is 0 Å². The Labute approximate surface area is 162 Å². The minimum atomic E-state index is -1.28. The van der Waals surface area contributed by atoms with E-state index in [1.54, 1.807) is 0 Å². The summed E-state index contributed by atoms with van der Waals surface area (Å²) in [4.78, 5) is 24.2. The molecule has 1 fully saturated rings. The molecule has 148 valence electrons. The van der Waals surface area contributed by atoms with Crippen molar-refractivity contribution in [3.05, 3.63) is 66.0 Å². The quantitative estimate of drug-likeness (QED) is 0.763. The van der Waals surface area contributed by atoms with Gasteiger partial charge in [-0.15, -0.1) is 0 Å². The molecule has 0 aliphatic carbocycles. The molecule has 3 unspecified atom stereocenters. The maximum atomic E-state index is 13.0. The first-order chi connectivity index (χ1) is 13.5.